The lowest BCUT2D eigenvalue weighted by molar-refractivity contribution is 0.261. The molecule has 0 radical (unpaired) electrons. The number of hydrogen-bond donors (Lipinski definition) is 1. The first-order valence-electron chi connectivity index (χ1n) is 8.55. The summed E-state index contributed by atoms with van der Waals surface area (Å²) in [6.45, 7) is 2.52. The molecule has 0 aromatic heterocycles. The third-order valence-corrected chi connectivity index (χ3v) is 4.82. The molecule has 0 bridgehead atoms. The SMILES string of the molecule is COc1ccc(C2NCCc3cc(OCCN(C)C)ccc32)c(Cl)c1. The van der Waals surface area contributed by atoms with E-state index in [1.54, 1.807) is 7.11 Å². The van der Waals surface area contributed by atoms with Gasteiger partial charge in [0.25, 0.3) is 0 Å². The van der Waals surface area contributed by atoms with Gasteiger partial charge in [0.1, 0.15) is 18.1 Å². The van der Waals surface area contributed by atoms with E-state index in [2.05, 4.69) is 22.3 Å². The Balaban J connectivity index is 1.82. The Morgan fingerprint density at radius 3 is 2.60 bits per heavy atom. The Bertz CT molecular complexity index is 734. The van der Waals surface area contributed by atoms with E-state index in [9.17, 15) is 0 Å². The molecule has 0 amide bonds. The van der Waals surface area contributed by atoms with Gasteiger partial charge in [-0.15, -0.1) is 0 Å². The summed E-state index contributed by atoms with van der Waals surface area (Å²) in [6.07, 6.45) is 0.991. The van der Waals surface area contributed by atoms with Crippen molar-refractivity contribution in [2.24, 2.45) is 0 Å². The molecule has 1 atom stereocenters. The summed E-state index contributed by atoms with van der Waals surface area (Å²) >= 11 is 6.49. The molecule has 134 valence electrons. The van der Waals surface area contributed by atoms with Crippen molar-refractivity contribution in [2.75, 3.05) is 40.9 Å². The molecule has 0 fully saturated rings. The molecule has 0 aliphatic carbocycles. The average Bonchev–Trinajstić information content (AvgIpc) is 2.60. The Hall–Kier alpha value is -1.75. The van der Waals surface area contributed by atoms with Crippen molar-refractivity contribution < 1.29 is 9.47 Å². The Labute approximate surface area is 154 Å². The highest BCUT2D eigenvalue weighted by molar-refractivity contribution is 6.31. The molecule has 3 rings (SSSR count). The molecule has 25 heavy (non-hydrogen) atoms. The van der Waals surface area contributed by atoms with Crippen LogP contribution in [0.3, 0.4) is 0 Å². The number of likely N-dealkylation sites (N-methyl/N-ethyl adjacent to an activating group) is 1. The van der Waals surface area contributed by atoms with Crippen molar-refractivity contribution in [1.29, 1.82) is 0 Å². The number of benzene rings is 2. The number of hydrogen-bond acceptors (Lipinski definition) is 4. The van der Waals surface area contributed by atoms with Crippen molar-refractivity contribution in [3.63, 3.8) is 0 Å². The van der Waals surface area contributed by atoms with Gasteiger partial charge >= 0.3 is 0 Å². The number of fused-ring (bicyclic) bond motifs is 1. The molecular weight excluding hydrogens is 336 g/mol. The lowest BCUT2D eigenvalue weighted by Crippen LogP contribution is -2.30. The van der Waals surface area contributed by atoms with Gasteiger partial charge < -0.3 is 19.7 Å². The molecule has 0 saturated carbocycles. The predicted molar refractivity (Wildman–Crippen MR) is 102 cm³/mol. The Morgan fingerprint density at radius 2 is 1.88 bits per heavy atom. The zero-order valence-electron chi connectivity index (χ0n) is 15.0. The normalized spacial score (nSPS) is 16.6. The summed E-state index contributed by atoms with van der Waals surface area (Å²) in [5.41, 5.74) is 3.65. The van der Waals surface area contributed by atoms with Gasteiger partial charge in [0, 0.05) is 18.1 Å². The van der Waals surface area contributed by atoms with E-state index in [4.69, 9.17) is 21.1 Å². The Kier molecular flexibility index (Phi) is 5.84. The van der Waals surface area contributed by atoms with Crippen LogP contribution in [0.15, 0.2) is 36.4 Å². The zero-order chi connectivity index (χ0) is 17.8. The van der Waals surface area contributed by atoms with Crippen molar-refractivity contribution >= 4 is 11.6 Å². The van der Waals surface area contributed by atoms with Gasteiger partial charge in [-0.2, -0.15) is 0 Å². The maximum atomic E-state index is 6.49. The quantitative estimate of drug-likeness (QED) is 0.854. The summed E-state index contributed by atoms with van der Waals surface area (Å²) in [6, 6.07) is 12.3. The number of nitrogens with zero attached hydrogens (tertiary/aromatic N) is 1. The first kappa shape index (κ1) is 18.1. The van der Waals surface area contributed by atoms with Crippen molar-refractivity contribution in [3.05, 3.63) is 58.1 Å². The number of nitrogens with one attached hydrogen (secondary N) is 1. The molecule has 5 heteroatoms. The minimum absolute atomic E-state index is 0.0954. The highest BCUT2D eigenvalue weighted by atomic mass is 35.5. The van der Waals surface area contributed by atoms with E-state index in [0.717, 1.165) is 41.6 Å². The summed E-state index contributed by atoms with van der Waals surface area (Å²) in [4.78, 5) is 2.12. The molecule has 2 aromatic carbocycles. The van der Waals surface area contributed by atoms with Crippen molar-refractivity contribution in [2.45, 2.75) is 12.5 Å². The largest absolute Gasteiger partial charge is 0.497 e. The molecule has 2 aromatic rings. The van der Waals surface area contributed by atoms with Gasteiger partial charge in [0.2, 0.25) is 0 Å². The van der Waals surface area contributed by atoms with Gasteiger partial charge in [-0.1, -0.05) is 23.7 Å². The van der Waals surface area contributed by atoms with Crippen molar-refractivity contribution in [1.82, 2.24) is 10.2 Å². The third-order valence-electron chi connectivity index (χ3n) is 4.49. The molecule has 4 nitrogen and oxygen atoms in total. The third kappa shape index (κ3) is 4.27. The highest BCUT2D eigenvalue weighted by Gasteiger charge is 2.23. The van der Waals surface area contributed by atoms with E-state index in [-0.39, 0.29) is 6.04 Å². The van der Waals surface area contributed by atoms with Crippen LogP contribution in [-0.2, 0) is 6.42 Å². The van der Waals surface area contributed by atoms with Crippen LogP contribution < -0.4 is 14.8 Å². The van der Waals surface area contributed by atoms with Crippen LogP contribution >= 0.6 is 11.6 Å². The second-order valence-electron chi connectivity index (χ2n) is 6.54. The number of ether oxygens (including phenoxy) is 2. The molecule has 1 aliphatic heterocycles. The number of methoxy groups -OCH3 is 1. The average molecular weight is 361 g/mol. The van der Waals surface area contributed by atoms with Crippen LogP contribution in [0.25, 0.3) is 0 Å². The first-order chi connectivity index (χ1) is 12.1. The van der Waals surface area contributed by atoms with Gasteiger partial charge in [0.15, 0.2) is 0 Å². The fourth-order valence-corrected chi connectivity index (χ4v) is 3.40. The van der Waals surface area contributed by atoms with Crippen molar-refractivity contribution in [3.8, 4) is 11.5 Å². The minimum Gasteiger partial charge on any atom is -0.497 e. The van der Waals surface area contributed by atoms with Crippen LogP contribution in [0.5, 0.6) is 11.5 Å². The summed E-state index contributed by atoms with van der Waals surface area (Å²) in [5, 5.41) is 4.29. The van der Waals surface area contributed by atoms with Gasteiger partial charge in [-0.05, 0) is 61.5 Å². The first-order valence-corrected chi connectivity index (χ1v) is 8.93. The van der Waals surface area contributed by atoms with E-state index in [1.165, 1.54) is 11.1 Å². The maximum absolute atomic E-state index is 6.49. The van der Waals surface area contributed by atoms with Gasteiger partial charge in [-0.3, -0.25) is 0 Å². The lowest BCUT2D eigenvalue weighted by Gasteiger charge is -2.28. The van der Waals surface area contributed by atoms with Gasteiger partial charge in [-0.25, -0.2) is 0 Å². The van der Waals surface area contributed by atoms with Crippen LogP contribution in [0.1, 0.15) is 22.7 Å². The molecule has 0 spiro atoms. The van der Waals surface area contributed by atoms with Crippen LogP contribution in [0, 0.1) is 0 Å². The molecular formula is C20H25ClN2O2. The van der Waals surface area contributed by atoms with Gasteiger partial charge in [0.05, 0.1) is 13.2 Å². The predicted octanol–water partition coefficient (Wildman–Crippen LogP) is 3.52. The number of rotatable bonds is 6. The fraction of sp³-hybridized carbons (Fsp3) is 0.400. The molecule has 0 saturated heterocycles. The lowest BCUT2D eigenvalue weighted by atomic mass is 9.89. The minimum atomic E-state index is 0.0954. The summed E-state index contributed by atoms with van der Waals surface area (Å²) < 4.78 is 11.1. The van der Waals surface area contributed by atoms with Crippen LogP contribution in [0.2, 0.25) is 5.02 Å². The standard InChI is InChI=1S/C20H25ClN2O2/c1-23(2)10-11-25-16-5-6-17-14(12-16)8-9-22-20(17)18-7-4-15(24-3)13-19(18)21/h4-7,12-13,20,22H,8-11H2,1-3H3. The highest BCUT2D eigenvalue weighted by Crippen LogP contribution is 2.35. The van der Waals surface area contributed by atoms with E-state index >= 15 is 0 Å². The second-order valence-corrected chi connectivity index (χ2v) is 6.94. The molecule has 1 aliphatic rings. The second kappa shape index (κ2) is 8.09. The summed E-state index contributed by atoms with van der Waals surface area (Å²) in [5.74, 6) is 1.71. The summed E-state index contributed by atoms with van der Waals surface area (Å²) in [7, 11) is 5.74. The Morgan fingerprint density at radius 1 is 1.12 bits per heavy atom. The molecule has 1 N–H and O–H groups in total. The van der Waals surface area contributed by atoms with E-state index in [0.29, 0.717) is 6.61 Å². The fourth-order valence-electron chi connectivity index (χ4n) is 3.12. The topological polar surface area (TPSA) is 33.7 Å². The van der Waals surface area contributed by atoms with E-state index in [1.807, 2.05) is 38.4 Å². The monoisotopic (exact) mass is 360 g/mol. The number of halogens is 1. The smallest absolute Gasteiger partial charge is 0.120 e. The maximum Gasteiger partial charge on any atom is 0.120 e. The molecule has 1 unspecified atom stereocenters. The van der Waals surface area contributed by atoms with Crippen LogP contribution in [0.4, 0.5) is 0 Å². The van der Waals surface area contributed by atoms with Crippen LogP contribution in [-0.4, -0.2) is 45.8 Å². The molecule has 1 heterocycles. The van der Waals surface area contributed by atoms with E-state index < -0.39 is 0 Å². The zero-order valence-corrected chi connectivity index (χ0v) is 15.8.